The highest BCUT2D eigenvalue weighted by atomic mass is 79.9. The van der Waals surface area contributed by atoms with Gasteiger partial charge < -0.3 is 9.47 Å². The molecule has 1 aromatic rings. The number of alkyl halides is 1. The Morgan fingerprint density at radius 2 is 2.05 bits per heavy atom. The molecule has 2 atom stereocenters. The summed E-state index contributed by atoms with van der Waals surface area (Å²) in [6.45, 7) is 1.46. The van der Waals surface area contributed by atoms with Gasteiger partial charge in [0.05, 0.1) is 0 Å². The minimum Gasteiger partial charge on any atom is -0.487 e. The quantitative estimate of drug-likeness (QED) is 0.623. The number of hydrogen-bond donors (Lipinski definition) is 0. The van der Waals surface area contributed by atoms with Gasteiger partial charge in [-0.2, -0.15) is 0 Å². The number of halogens is 1. The maximum absolute atomic E-state index is 11.1. The lowest BCUT2D eigenvalue weighted by Crippen LogP contribution is -2.38. The van der Waals surface area contributed by atoms with Gasteiger partial charge in [0.25, 0.3) is 0 Å². The topological polar surface area (TPSA) is 35.5 Å². The Labute approximate surface area is 122 Å². The van der Waals surface area contributed by atoms with E-state index in [1.165, 1.54) is 12.5 Å². The van der Waals surface area contributed by atoms with E-state index >= 15 is 0 Å². The van der Waals surface area contributed by atoms with Gasteiger partial charge in [0.1, 0.15) is 18.0 Å². The molecule has 0 spiro atoms. The fourth-order valence-corrected chi connectivity index (χ4v) is 2.77. The molecule has 2 unspecified atom stereocenters. The first-order valence-corrected chi connectivity index (χ1v) is 7.80. The van der Waals surface area contributed by atoms with Crippen LogP contribution in [0.4, 0.5) is 0 Å². The number of benzene rings is 1. The predicted molar refractivity (Wildman–Crippen MR) is 77.5 cm³/mol. The normalized spacial score (nSPS) is 22.8. The Morgan fingerprint density at radius 1 is 1.32 bits per heavy atom. The summed E-state index contributed by atoms with van der Waals surface area (Å²) in [4.78, 5) is 11.1. The lowest BCUT2D eigenvalue weighted by atomic mass is 9.94. The molecule has 1 fully saturated rings. The highest BCUT2D eigenvalue weighted by Crippen LogP contribution is 2.26. The molecule has 1 saturated carbocycles. The molecule has 1 aromatic carbocycles. The van der Waals surface area contributed by atoms with Crippen LogP contribution in [-0.4, -0.2) is 18.2 Å². The maximum Gasteiger partial charge on any atom is 0.303 e. The zero-order chi connectivity index (χ0) is 13.7. The fourth-order valence-electron chi connectivity index (χ4n) is 2.42. The molecular weight excluding hydrogens is 308 g/mol. The fraction of sp³-hybridized carbons (Fsp3) is 0.533. The third-order valence-corrected chi connectivity index (χ3v) is 3.95. The summed E-state index contributed by atoms with van der Waals surface area (Å²) in [5.74, 6) is 0.621. The van der Waals surface area contributed by atoms with Crippen molar-refractivity contribution >= 4 is 21.9 Å². The molecule has 1 aliphatic carbocycles. The monoisotopic (exact) mass is 326 g/mol. The molecule has 0 N–H and O–H groups in total. The minimum atomic E-state index is -0.227. The lowest BCUT2D eigenvalue weighted by Gasteiger charge is -2.31. The predicted octanol–water partition coefficient (Wildman–Crippen LogP) is 3.83. The molecule has 0 radical (unpaired) electrons. The van der Waals surface area contributed by atoms with Crippen LogP contribution in [0.2, 0.25) is 0 Å². The summed E-state index contributed by atoms with van der Waals surface area (Å²) in [6.07, 6.45) is 3.92. The zero-order valence-electron chi connectivity index (χ0n) is 11.1. The Hall–Kier alpha value is -1.03. The van der Waals surface area contributed by atoms with Gasteiger partial charge in [0, 0.05) is 12.3 Å². The van der Waals surface area contributed by atoms with Gasteiger partial charge in [-0.25, -0.2) is 0 Å². The first-order chi connectivity index (χ1) is 9.19. The lowest BCUT2D eigenvalue weighted by molar-refractivity contribution is -0.153. The summed E-state index contributed by atoms with van der Waals surface area (Å²) >= 11 is 3.44. The summed E-state index contributed by atoms with van der Waals surface area (Å²) in [7, 11) is 0. The van der Waals surface area contributed by atoms with E-state index in [-0.39, 0.29) is 18.2 Å². The summed E-state index contributed by atoms with van der Waals surface area (Å²) in [5, 5.41) is 0.808. The molecule has 0 saturated heterocycles. The first kappa shape index (κ1) is 14.4. The minimum absolute atomic E-state index is 0.0248. The van der Waals surface area contributed by atoms with Gasteiger partial charge in [-0.15, -0.1) is 0 Å². The van der Waals surface area contributed by atoms with Crippen LogP contribution in [0.5, 0.6) is 5.75 Å². The van der Waals surface area contributed by atoms with Gasteiger partial charge in [-0.05, 0) is 43.4 Å². The van der Waals surface area contributed by atoms with E-state index in [1.807, 2.05) is 24.3 Å². The van der Waals surface area contributed by atoms with E-state index in [2.05, 4.69) is 15.9 Å². The molecule has 3 nitrogen and oxygen atoms in total. The maximum atomic E-state index is 11.1. The van der Waals surface area contributed by atoms with Gasteiger partial charge in [-0.1, -0.05) is 28.1 Å². The Kier molecular flexibility index (Phi) is 5.25. The van der Waals surface area contributed by atoms with Crippen molar-refractivity contribution in [1.82, 2.24) is 0 Å². The number of ether oxygens (including phenoxy) is 2. The standard InChI is InChI=1S/C15H19BrO3/c1-11(17)18-14-7-2-3-8-15(14)19-13-6-4-5-12(9-13)10-16/h4-6,9,14-15H,2-3,7-8,10H2,1H3. The second-order valence-electron chi connectivity index (χ2n) is 4.87. The third kappa shape index (κ3) is 4.23. The van der Waals surface area contributed by atoms with Crippen molar-refractivity contribution in [3.8, 4) is 5.75 Å². The second-order valence-corrected chi connectivity index (χ2v) is 5.43. The van der Waals surface area contributed by atoms with E-state index in [0.717, 1.165) is 36.8 Å². The molecule has 0 heterocycles. The van der Waals surface area contributed by atoms with Gasteiger partial charge in [0.15, 0.2) is 0 Å². The molecule has 104 valence electrons. The average molecular weight is 327 g/mol. The van der Waals surface area contributed by atoms with Crippen molar-refractivity contribution in [2.24, 2.45) is 0 Å². The van der Waals surface area contributed by atoms with Crippen molar-refractivity contribution in [3.63, 3.8) is 0 Å². The van der Waals surface area contributed by atoms with E-state index in [4.69, 9.17) is 9.47 Å². The van der Waals surface area contributed by atoms with Crippen molar-refractivity contribution in [3.05, 3.63) is 29.8 Å². The molecule has 4 heteroatoms. The van der Waals surface area contributed by atoms with Crippen LogP contribution in [0.1, 0.15) is 38.2 Å². The van der Waals surface area contributed by atoms with E-state index < -0.39 is 0 Å². The molecular formula is C15H19BrO3. The van der Waals surface area contributed by atoms with Crippen molar-refractivity contribution in [1.29, 1.82) is 0 Å². The van der Waals surface area contributed by atoms with E-state index in [9.17, 15) is 4.79 Å². The number of carbonyl (C=O) groups is 1. The Bertz CT molecular complexity index is 433. The molecule has 19 heavy (non-hydrogen) atoms. The summed E-state index contributed by atoms with van der Waals surface area (Å²) < 4.78 is 11.4. The molecule has 1 aliphatic rings. The third-order valence-electron chi connectivity index (χ3n) is 3.30. The van der Waals surface area contributed by atoms with Crippen LogP contribution in [-0.2, 0) is 14.9 Å². The number of rotatable bonds is 4. The SMILES string of the molecule is CC(=O)OC1CCCCC1Oc1cccc(CBr)c1. The van der Waals surface area contributed by atoms with Gasteiger partial charge >= 0.3 is 5.97 Å². The number of hydrogen-bond acceptors (Lipinski definition) is 3. The van der Waals surface area contributed by atoms with Crippen LogP contribution < -0.4 is 4.74 Å². The molecule has 0 amide bonds. The summed E-state index contributed by atoms with van der Waals surface area (Å²) in [6, 6.07) is 8.00. The van der Waals surface area contributed by atoms with Crippen molar-refractivity contribution in [2.45, 2.75) is 50.1 Å². The first-order valence-electron chi connectivity index (χ1n) is 6.68. The average Bonchev–Trinajstić information content (AvgIpc) is 2.41. The largest absolute Gasteiger partial charge is 0.487 e. The molecule has 0 bridgehead atoms. The Morgan fingerprint density at radius 3 is 2.74 bits per heavy atom. The smallest absolute Gasteiger partial charge is 0.303 e. The van der Waals surface area contributed by atoms with Crippen molar-refractivity contribution in [2.75, 3.05) is 0 Å². The number of carbonyl (C=O) groups excluding carboxylic acids is 1. The van der Waals surface area contributed by atoms with E-state index in [0.29, 0.717) is 0 Å². The van der Waals surface area contributed by atoms with Crippen LogP contribution in [0.15, 0.2) is 24.3 Å². The number of esters is 1. The molecule has 0 aromatic heterocycles. The van der Waals surface area contributed by atoms with Crippen LogP contribution in [0.3, 0.4) is 0 Å². The van der Waals surface area contributed by atoms with Crippen molar-refractivity contribution < 1.29 is 14.3 Å². The highest BCUT2D eigenvalue weighted by molar-refractivity contribution is 9.08. The molecule has 0 aliphatic heterocycles. The summed E-state index contributed by atoms with van der Waals surface area (Å²) in [5.41, 5.74) is 1.18. The highest BCUT2D eigenvalue weighted by Gasteiger charge is 2.29. The van der Waals surface area contributed by atoms with E-state index in [1.54, 1.807) is 0 Å². The van der Waals surface area contributed by atoms with Gasteiger partial charge in [-0.3, -0.25) is 4.79 Å². The zero-order valence-corrected chi connectivity index (χ0v) is 12.7. The Balaban J connectivity index is 2.03. The van der Waals surface area contributed by atoms with Gasteiger partial charge in [0.2, 0.25) is 0 Å². The second kappa shape index (κ2) is 6.94. The van der Waals surface area contributed by atoms with Crippen LogP contribution in [0, 0.1) is 0 Å². The van der Waals surface area contributed by atoms with Crippen LogP contribution in [0.25, 0.3) is 0 Å². The van der Waals surface area contributed by atoms with Crippen LogP contribution >= 0.6 is 15.9 Å². The molecule has 2 rings (SSSR count).